The zero-order valence-electron chi connectivity index (χ0n) is 25.7. The number of aliphatic hydroxyl groups excluding tert-OH is 4. The number of hydrogen-bond acceptors (Lipinski definition) is 16. The normalized spacial score (nSPS) is 12.8. The van der Waals surface area contributed by atoms with Crippen molar-refractivity contribution in [1.29, 1.82) is 0 Å². The molecule has 4 aromatic rings. The van der Waals surface area contributed by atoms with E-state index in [9.17, 15) is 20.4 Å². The fourth-order valence-corrected chi connectivity index (χ4v) is 3.54. The molecule has 0 aliphatic carbocycles. The largest absolute Gasteiger partial charge is 0.504 e. The molecule has 20 N–H and O–H groups in total. The highest BCUT2D eigenvalue weighted by Crippen LogP contribution is 2.30. The van der Waals surface area contributed by atoms with Crippen LogP contribution in [-0.2, 0) is 0 Å². The zero-order chi connectivity index (χ0) is 36.6. The molecule has 0 amide bonds. The van der Waals surface area contributed by atoms with Crippen LogP contribution in [-0.4, -0.2) is 87.5 Å². The van der Waals surface area contributed by atoms with Crippen molar-refractivity contribution in [2.24, 2.45) is 22.9 Å². The molecule has 4 rings (SSSR count). The molecule has 16 nitrogen and oxygen atoms in total. The van der Waals surface area contributed by atoms with E-state index in [1.54, 1.807) is 0 Å². The molecule has 264 valence electrons. The summed E-state index contributed by atoms with van der Waals surface area (Å²) in [4.78, 5) is 0. The van der Waals surface area contributed by atoms with Crippen LogP contribution in [0.1, 0.15) is 46.7 Å². The number of phenolic OH excluding ortho intramolecular Hbond substituents is 8. The summed E-state index contributed by atoms with van der Waals surface area (Å²) in [5, 5.41) is 109. The van der Waals surface area contributed by atoms with Gasteiger partial charge in [0.2, 0.25) is 0 Å². The fraction of sp³-hybridized carbons (Fsp3) is 0.250. The number of nitrogens with two attached hydrogens (primary N) is 4. The van der Waals surface area contributed by atoms with Gasteiger partial charge in [-0.1, -0.05) is 24.3 Å². The molecule has 0 heterocycles. The summed E-state index contributed by atoms with van der Waals surface area (Å²) in [7, 11) is 0. The van der Waals surface area contributed by atoms with Crippen molar-refractivity contribution in [3.63, 3.8) is 0 Å². The second-order valence-corrected chi connectivity index (χ2v) is 10.00. The van der Waals surface area contributed by atoms with Crippen molar-refractivity contribution >= 4 is 0 Å². The lowest BCUT2D eigenvalue weighted by atomic mass is 10.1. The van der Waals surface area contributed by atoms with Crippen molar-refractivity contribution in [1.82, 2.24) is 0 Å². The Labute approximate surface area is 275 Å². The van der Waals surface area contributed by atoms with Gasteiger partial charge in [0.05, 0.1) is 24.4 Å². The van der Waals surface area contributed by atoms with Gasteiger partial charge in [0.25, 0.3) is 0 Å². The van der Waals surface area contributed by atoms with Crippen LogP contribution in [0.5, 0.6) is 46.0 Å². The minimum atomic E-state index is -0.795. The summed E-state index contributed by atoms with van der Waals surface area (Å²) in [5.74, 6) is -1.82. The van der Waals surface area contributed by atoms with Crippen molar-refractivity contribution in [3.8, 4) is 46.0 Å². The molecule has 0 saturated heterocycles. The molecule has 0 spiro atoms. The summed E-state index contributed by atoms with van der Waals surface area (Å²) in [6.07, 6.45) is -3.18. The quantitative estimate of drug-likeness (QED) is 0.112. The topological polar surface area (TPSA) is 347 Å². The van der Waals surface area contributed by atoms with Crippen LogP contribution in [0.25, 0.3) is 0 Å². The number of rotatable bonds is 8. The van der Waals surface area contributed by atoms with Gasteiger partial charge in [-0.3, -0.25) is 0 Å². The number of aromatic hydroxyl groups is 8. The summed E-state index contributed by atoms with van der Waals surface area (Å²) in [5.41, 5.74) is 22.8. The average molecular weight is 677 g/mol. The Hall–Kier alpha value is -5.04. The van der Waals surface area contributed by atoms with Gasteiger partial charge in [0.1, 0.15) is 0 Å². The Morgan fingerprint density at radius 2 is 0.479 bits per heavy atom. The SMILES string of the molecule is NC[C@H](O)c1ccc(O)c(O)c1.NC[C@H](O)c1ccc(O)c(O)c1.NC[C@H](O)c1ccc(O)c(O)c1.NC[C@H](O)c1ccc(O)c(O)c1. The van der Waals surface area contributed by atoms with E-state index in [1.165, 1.54) is 72.8 Å². The van der Waals surface area contributed by atoms with Gasteiger partial charge in [-0.05, 0) is 70.8 Å². The van der Waals surface area contributed by atoms with Crippen molar-refractivity contribution in [3.05, 3.63) is 95.1 Å². The van der Waals surface area contributed by atoms with E-state index in [4.69, 9.17) is 63.8 Å². The Bertz CT molecular complexity index is 1330. The van der Waals surface area contributed by atoms with Crippen LogP contribution in [0, 0.1) is 0 Å². The van der Waals surface area contributed by atoms with Crippen molar-refractivity contribution < 1.29 is 61.3 Å². The molecule has 0 bridgehead atoms. The van der Waals surface area contributed by atoms with Gasteiger partial charge < -0.3 is 84.2 Å². The summed E-state index contributed by atoms with van der Waals surface area (Å²) >= 11 is 0. The fourth-order valence-electron chi connectivity index (χ4n) is 3.54. The zero-order valence-corrected chi connectivity index (χ0v) is 25.7. The van der Waals surface area contributed by atoms with Crippen LogP contribution in [0.4, 0.5) is 0 Å². The molecule has 16 heteroatoms. The highest BCUT2D eigenvalue weighted by molar-refractivity contribution is 5.43. The molecule has 4 aromatic carbocycles. The van der Waals surface area contributed by atoms with Gasteiger partial charge in [-0.15, -0.1) is 0 Å². The Morgan fingerprint density at radius 3 is 0.604 bits per heavy atom. The van der Waals surface area contributed by atoms with Gasteiger partial charge in [-0.2, -0.15) is 0 Å². The predicted octanol–water partition coefficient (Wildman–Crippen LogP) is 0.360. The lowest BCUT2D eigenvalue weighted by molar-refractivity contribution is 0.186. The first-order valence-electron chi connectivity index (χ1n) is 14.2. The third-order valence-electron chi connectivity index (χ3n) is 6.43. The van der Waals surface area contributed by atoms with E-state index >= 15 is 0 Å². The Morgan fingerprint density at radius 1 is 0.312 bits per heavy atom. The molecule has 0 saturated carbocycles. The first-order valence-corrected chi connectivity index (χ1v) is 14.2. The first kappa shape index (κ1) is 41.0. The van der Waals surface area contributed by atoms with Crippen molar-refractivity contribution in [2.75, 3.05) is 26.2 Å². The van der Waals surface area contributed by atoms with E-state index in [1.807, 2.05) is 0 Å². The number of hydrogen-bond donors (Lipinski definition) is 16. The van der Waals surface area contributed by atoms with Crippen LogP contribution in [0.2, 0.25) is 0 Å². The molecule has 48 heavy (non-hydrogen) atoms. The predicted molar refractivity (Wildman–Crippen MR) is 175 cm³/mol. The number of phenols is 8. The lowest BCUT2D eigenvalue weighted by Crippen LogP contribution is -2.11. The maximum Gasteiger partial charge on any atom is 0.157 e. The summed E-state index contributed by atoms with van der Waals surface area (Å²) < 4.78 is 0. The van der Waals surface area contributed by atoms with E-state index in [0.29, 0.717) is 22.3 Å². The molecular weight excluding hydrogens is 632 g/mol. The standard InChI is InChI=1S/4C8H11NO3/c4*9-4-8(12)5-1-2-6(10)7(11)3-5/h4*1-3,8,10-12H,4,9H2/t4*8-/m0000/s1. The van der Waals surface area contributed by atoms with Crippen LogP contribution in [0.15, 0.2) is 72.8 Å². The molecule has 0 radical (unpaired) electrons. The molecule has 0 aliphatic heterocycles. The Kier molecular flexibility index (Phi) is 17.3. The van der Waals surface area contributed by atoms with Gasteiger partial charge in [0, 0.05) is 26.2 Å². The van der Waals surface area contributed by atoms with Gasteiger partial charge in [0.15, 0.2) is 46.0 Å². The average Bonchev–Trinajstić information content (AvgIpc) is 3.09. The molecular formula is C32H44N4O12. The minimum absolute atomic E-state index is 0.0875. The minimum Gasteiger partial charge on any atom is -0.504 e. The van der Waals surface area contributed by atoms with E-state index < -0.39 is 24.4 Å². The van der Waals surface area contributed by atoms with Gasteiger partial charge in [-0.25, -0.2) is 0 Å². The number of aliphatic hydroxyl groups is 4. The third-order valence-corrected chi connectivity index (χ3v) is 6.43. The van der Waals surface area contributed by atoms with Crippen molar-refractivity contribution in [2.45, 2.75) is 24.4 Å². The Balaban J connectivity index is 0.000000320. The van der Waals surface area contributed by atoms with Crippen LogP contribution in [0.3, 0.4) is 0 Å². The number of benzene rings is 4. The van der Waals surface area contributed by atoms with E-state index in [0.717, 1.165) is 0 Å². The maximum absolute atomic E-state index is 9.23. The lowest BCUT2D eigenvalue weighted by Gasteiger charge is -2.08. The highest BCUT2D eigenvalue weighted by Gasteiger charge is 2.10. The van der Waals surface area contributed by atoms with Crippen LogP contribution >= 0.6 is 0 Å². The van der Waals surface area contributed by atoms with Gasteiger partial charge >= 0.3 is 0 Å². The second-order valence-electron chi connectivity index (χ2n) is 10.00. The summed E-state index contributed by atoms with van der Waals surface area (Å²) in [6.45, 7) is 0.350. The molecule has 0 aromatic heterocycles. The maximum atomic E-state index is 9.23. The van der Waals surface area contributed by atoms with E-state index in [-0.39, 0.29) is 72.2 Å². The molecule has 0 fully saturated rings. The monoisotopic (exact) mass is 676 g/mol. The molecule has 0 unspecified atom stereocenters. The smallest absolute Gasteiger partial charge is 0.157 e. The molecule has 0 aliphatic rings. The second kappa shape index (κ2) is 20.3. The third kappa shape index (κ3) is 13.0. The van der Waals surface area contributed by atoms with Crippen LogP contribution < -0.4 is 22.9 Å². The molecule has 4 atom stereocenters. The van der Waals surface area contributed by atoms with E-state index in [2.05, 4.69) is 0 Å². The highest BCUT2D eigenvalue weighted by atomic mass is 16.3. The summed E-state index contributed by atoms with van der Waals surface area (Å²) in [6, 6.07) is 16.4. The first-order chi connectivity index (χ1) is 22.6.